The van der Waals surface area contributed by atoms with Gasteiger partial charge in [-0.25, -0.2) is 8.42 Å². The van der Waals surface area contributed by atoms with E-state index in [1.807, 2.05) is 23.0 Å². The van der Waals surface area contributed by atoms with Gasteiger partial charge in [0.25, 0.3) is 5.91 Å². The first-order valence-electron chi connectivity index (χ1n) is 9.72. The van der Waals surface area contributed by atoms with Gasteiger partial charge in [0, 0.05) is 24.4 Å². The highest BCUT2D eigenvalue weighted by molar-refractivity contribution is 7.98. The second kappa shape index (κ2) is 9.05. The third-order valence-electron chi connectivity index (χ3n) is 4.93. The Morgan fingerprint density at radius 3 is 2.58 bits per heavy atom. The fourth-order valence-electron chi connectivity index (χ4n) is 3.25. The van der Waals surface area contributed by atoms with E-state index in [-0.39, 0.29) is 29.8 Å². The van der Waals surface area contributed by atoms with Crippen LogP contribution in [0.2, 0.25) is 0 Å². The SMILES string of the molecule is CCS(=O)(=O)c1ccc(CC(=O)N=c2sc3cc4c(cc3n2CCSC)OCO4)cc1. The van der Waals surface area contributed by atoms with Gasteiger partial charge in [0.15, 0.2) is 26.1 Å². The number of aryl methyl sites for hydroxylation is 1. The molecule has 164 valence electrons. The van der Waals surface area contributed by atoms with Crippen molar-refractivity contribution < 1.29 is 22.7 Å². The van der Waals surface area contributed by atoms with Crippen LogP contribution in [-0.4, -0.2) is 43.4 Å². The molecule has 1 aliphatic heterocycles. The highest BCUT2D eigenvalue weighted by Gasteiger charge is 2.18. The highest BCUT2D eigenvalue weighted by Crippen LogP contribution is 2.37. The van der Waals surface area contributed by atoms with Gasteiger partial charge in [0.2, 0.25) is 6.79 Å². The summed E-state index contributed by atoms with van der Waals surface area (Å²) in [5.41, 5.74) is 1.69. The minimum absolute atomic E-state index is 0.0438. The molecular formula is C21H22N2O5S3. The Bertz CT molecular complexity index is 1290. The van der Waals surface area contributed by atoms with Crippen LogP contribution in [0.3, 0.4) is 0 Å². The van der Waals surface area contributed by atoms with Crippen molar-refractivity contribution in [3.8, 4) is 11.5 Å². The Balaban J connectivity index is 1.64. The highest BCUT2D eigenvalue weighted by atomic mass is 32.2. The number of carbonyl (C=O) groups excluding carboxylic acids is 1. The second-order valence-corrected chi connectivity index (χ2v) is 11.2. The second-order valence-electron chi connectivity index (χ2n) is 6.93. The molecule has 4 rings (SSSR count). The topological polar surface area (TPSA) is 87.0 Å². The van der Waals surface area contributed by atoms with Crippen LogP contribution in [0.15, 0.2) is 46.3 Å². The summed E-state index contributed by atoms with van der Waals surface area (Å²) in [5.74, 6) is 2.04. The Morgan fingerprint density at radius 2 is 1.90 bits per heavy atom. The lowest BCUT2D eigenvalue weighted by atomic mass is 10.1. The molecule has 1 amide bonds. The van der Waals surface area contributed by atoms with Crippen LogP contribution < -0.4 is 14.3 Å². The normalized spacial score (nSPS) is 13.8. The van der Waals surface area contributed by atoms with Gasteiger partial charge in [-0.3, -0.25) is 4.79 Å². The molecule has 7 nitrogen and oxygen atoms in total. The lowest BCUT2D eigenvalue weighted by Crippen LogP contribution is -2.18. The predicted molar refractivity (Wildman–Crippen MR) is 123 cm³/mol. The van der Waals surface area contributed by atoms with Gasteiger partial charge >= 0.3 is 0 Å². The van der Waals surface area contributed by atoms with Gasteiger partial charge in [-0.2, -0.15) is 16.8 Å². The third kappa shape index (κ3) is 4.65. The van der Waals surface area contributed by atoms with E-state index in [0.29, 0.717) is 16.3 Å². The van der Waals surface area contributed by atoms with Crippen molar-refractivity contribution in [3.63, 3.8) is 0 Å². The monoisotopic (exact) mass is 478 g/mol. The number of thioether (sulfide) groups is 1. The number of carbonyl (C=O) groups is 1. The third-order valence-corrected chi connectivity index (χ3v) is 8.32. The first kappa shape index (κ1) is 21.9. The van der Waals surface area contributed by atoms with Gasteiger partial charge < -0.3 is 14.0 Å². The molecule has 0 atom stereocenters. The van der Waals surface area contributed by atoms with E-state index < -0.39 is 9.84 Å². The number of hydrogen-bond acceptors (Lipinski definition) is 7. The maximum atomic E-state index is 12.7. The molecule has 0 radical (unpaired) electrons. The molecule has 0 N–H and O–H groups in total. The van der Waals surface area contributed by atoms with E-state index in [1.165, 1.54) is 11.3 Å². The molecule has 3 aromatic rings. The first-order chi connectivity index (χ1) is 14.9. The zero-order valence-electron chi connectivity index (χ0n) is 17.2. The largest absolute Gasteiger partial charge is 0.454 e. The van der Waals surface area contributed by atoms with Crippen molar-refractivity contribution in [2.24, 2.45) is 4.99 Å². The fourth-order valence-corrected chi connectivity index (χ4v) is 5.58. The van der Waals surface area contributed by atoms with Crippen LogP contribution in [0, 0.1) is 0 Å². The Morgan fingerprint density at radius 1 is 1.19 bits per heavy atom. The van der Waals surface area contributed by atoms with E-state index >= 15 is 0 Å². The lowest BCUT2D eigenvalue weighted by Gasteiger charge is -2.05. The number of amides is 1. The van der Waals surface area contributed by atoms with Crippen LogP contribution in [0.4, 0.5) is 0 Å². The number of sulfone groups is 1. The summed E-state index contributed by atoms with van der Waals surface area (Å²) in [6.45, 7) is 2.54. The van der Waals surface area contributed by atoms with E-state index in [4.69, 9.17) is 9.47 Å². The molecule has 0 spiro atoms. The Hall–Kier alpha value is -2.30. The van der Waals surface area contributed by atoms with Crippen LogP contribution in [0.25, 0.3) is 10.2 Å². The Kier molecular flexibility index (Phi) is 6.40. The molecule has 0 bridgehead atoms. The number of nitrogens with zero attached hydrogens (tertiary/aromatic N) is 2. The summed E-state index contributed by atoms with van der Waals surface area (Å²) in [4.78, 5) is 17.9. The minimum Gasteiger partial charge on any atom is -0.454 e. The van der Waals surface area contributed by atoms with Crippen molar-refractivity contribution >= 4 is 49.1 Å². The molecule has 0 saturated heterocycles. The van der Waals surface area contributed by atoms with Crippen molar-refractivity contribution in [1.29, 1.82) is 0 Å². The van der Waals surface area contributed by atoms with E-state index in [0.717, 1.165) is 28.1 Å². The summed E-state index contributed by atoms with van der Waals surface area (Å²) in [5, 5.41) is 0. The van der Waals surface area contributed by atoms with E-state index in [2.05, 4.69) is 4.99 Å². The lowest BCUT2D eigenvalue weighted by molar-refractivity contribution is -0.117. The molecule has 2 aromatic carbocycles. The minimum atomic E-state index is -3.26. The molecule has 2 heterocycles. The van der Waals surface area contributed by atoms with Gasteiger partial charge in [0.05, 0.1) is 27.3 Å². The zero-order valence-corrected chi connectivity index (χ0v) is 19.6. The van der Waals surface area contributed by atoms with E-state index in [1.54, 1.807) is 43.0 Å². The number of rotatable bonds is 7. The van der Waals surface area contributed by atoms with Crippen LogP contribution in [-0.2, 0) is 27.6 Å². The smallest absolute Gasteiger partial charge is 0.252 e. The van der Waals surface area contributed by atoms with Gasteiger partial charge in [0.1, 0.15) is 0 Å². The summed E-state index contributed by atoms with van der Waals surface area (Å²) in [6.07, 6.45) is 2.14. The maximum absolute atomic E-state index is 12.7. The van der Waals surface area contributed by atoms with Crippen molar-refractivity contribution in [1.82, 2.24) is 4.57 Å². The number of thiazole rings is 1. The summed E-state index contributed by atoms with van der Waals surface area (Å²) < 4.78 is 37.9. The zero-order chi connectivity index (χ0) is 22.0. The Labute approximate surface area is 188 Å². The number of hydrogen-bond donors (Lipinski definition) is 0. The average Bonchev–Trinajstić information content (AvgIpc) is 3.34. The number of benzene rings is 2. The molecule has 1 aliphatic rings. The average molecular weight is 479 g/mol. The molecule has 0 aliphatic carbocycles. The first-order valence-corrected chi connectivity index (χ1v) is 13.6. The summed E-state index contributed by atoms with van der Waals surface area (Å²) in [6, 6.07) is 10.3. The van der Waals surface area contributed by atoms with Crippen molar-refractivity contribution in [2.75, 3.05) is 24.6 Å². The molecule has 10 heteroatoms. The quantitative estimate of drug-likeness (QED) is 0.518. The summed E-state index contributed by atoms with van der Waals surface area (Å²) >= 11 is 3.16. The standard InChI is InChI=1S/C21H22N2O5S3/c1-3-31(25,26)15-6-4-14(5-7-15)10-20(24)22-21-23(8-9-29-2)16-11-17-18(28-13-27-17)12-19(16)30-21/h4-7,11-12H,3,8-10,13H2,1-2H3. The number of aromatic nitrogens is 1. The molecule has 0 saturated carbocycles. The van der Waals surface area contributed by atoms with Gasteiger partial charge in [-0.15, -0.1) is 0 Å². The van der Waals surface area contributed by atoms with Crippen LogP contribution in [0.5, 0.6) is 11.5 Å². The predicted octanol–water partition coefficient (Wildman–Crippen LogP) is 3.26. The maximum Gasteiger partial charge on any atom is 0.252 e. The molecule has 31 heavy (non-hydrogen) atoms. The van der Waals surface area contributed by atoms with Gasteiger partial charge in [-0.1, -0.05) is 30.4 Å². The molecule has 0 unspecified atom stereocenters. The fraction of sp³-hybridized carbons (Fsp3) is 0.333. The molecule has 1 aromatic heterocycles. The van der Waals surface area contributed by atoms with Gasteiger partial charge in [-0.05, 0) is 24.0 Å². The van der Waals surface area contributed by atoms with E-state index in [9.17, 15) is 13.2 Å². The van der Waals surface area contributed by atoms with Crippen LogP contribution in [0.1, 0.15) is 12.5 Å². The number of fused-ring (bicyclic) bond motifs is 2. The summed E-state index contributed by atoms with van der Waals surface area (Å²) in [7, 11) is -3.26. The van der Waals surface area contributed by atoms with Crippen molar-refractivity contribution in [2.45, 2.75) is 24.8 Å². The number of ether oxygens (including phenoxy) is 2. The van der Waals surface area contributed by atoms with Crippen LogP contribution >= 0.6 is 23.1 Å². The van der Waals surface area contributed by atoms with Crippen molar-refractivity contribution in [3.05, 3.63) is 46.8 Å². The molecular weight excluding hydrogens is 456 g/mol. The molecule has 0 fully saturated rings.